The highest BCUT2D eigenvalue weighted by Gasteiger charge is 2.07. The lowest BCUT2D eigenvalue weighted by atomic mass is 9.95. The number of hydrogen-bond acceptors (Lipinski definition) is 2. The highest BCUT2D eigenvalue weighted by atomic mass is 35.5. The summed E-state index contributed by atoms with van der Waals surface area (Å²) < 4.78 is 0. The second kappa shape index (κ2) is 5.26. The molecule has 0 N–H and O–H groups in total. The standard InChI is InChI=1S/C13H17ClN2/c1-5-6-10-11(7-8-13(2,3)4)15-9-16-12(10)14/h5-9H,1-4H3/b6-5-,8-7+. The van der Waals surface area contributed by atoms with Crippen LogP contribution in [0.2, 0.25) is 5.15 Å². The first-order valence-corrected chi connectivity index (χ1v) is 5.64. The van der Waals surface area contributed by atoms with E-state index in [-0.39, 0.29) is 5.41 Å². The molecule has 0 aromatic carbocycles. The average molecular weight is 237 g/mol. The van der Waals surface area contributed by atoms with E-state index in [4.69, 9.17) is 11.6 Å². The quantitative estimate of drug-likeness (QED) is 0.719. The van der Waals surface area contributed by atoms with Gasteiger partial charge < -0.3 is 0 Å². The van der Waals surface area contributed by atoms with E-state index in [1.165, 1.54) is 6.33 Å². The number of allylic oxidation sites excluding steroid dienone is 2. The van der Waals surface area contributed by atoms with Crippen molar-refractivity contribution >= 4 is 23.8 Å². The summed E-state index contributed by atoms with van der Waals surface area (Å²) in [6.07, 6.45) is 9.43. The molecule has 0 radical (unpaired) electrons. The molecule has 1 rings (SSSR count). The fourth-order valence-corrected chi connectivity index (χ4v) is 1.37. The highest BCUT2D eigenvalue weighted by Crippen LogP contribution is 2.21. The normalized spacial score (nSPS) is 12.8. The molecular formula is C13H17ClN2. The van der Waals surface area contributed by atoms with Crippen LogP contribution < -0.4 is 0 Å². The first-order chi connectivity index (χ1) is 7.44. The van der Waals surface area contributed by atoms with Gasteiger partial charge in [0.15, 0.2) is 0 Å². The summed E-state index contributed by atoms with van der Waals surface area (Å²) in [6, 6.07) is 0. The summed E-state index contributed by atoms with van der Waals surface area (Å²) in [5, 5.41) is 0.488. The van der Waals surface area contributed by atoms with Crippen LogP contribution >= 0.6 is 11.6 Å². The Morgan fingerprint density at radius 2 is 1.88 bits per heavy atom. The van der Waals surface area contributed by atoms with Crippen molar-refractivity contribution in [3.8, 4) is 0 Å². The second-order valence-corrected chi connectivity index (χ2v) is 5.02. The maximum absolute atomic E-state index is 6.02. The van der Waals surface area contributed by atoms with Crippen LogP contribution in [0.15, 0.2) is 18.5 Å². The van der Waals surface area contributed by atoms with Gasteiger partial charge in [0.25, 0.3) is 0 Å². The maximum Gasteiger partial charge on any atom is 0.140 e. The van der Waals surface area contributed by atoms with E-state index in [0.717, 1.165) is 11.3 Å². The molecule has 0 saturated heterocycles. The molecule has 16 heavy (non-hydrogen) atoms. The van der Waals surface area contributed by atoms with Gasteiger partial charge in [-0.2, -0.15) is 0 Å². The minimum Gasteiger partial charge on any atom is -0.236 e. The van der Waals surface area contributed by atoms with Crippen LogP contribution in [-0.2, 0) is 0 Å². The van der Waals surface area contributed by atoms with Crippen molar-refractivity contribution in [2.45, 2.75) is 27.7 Å². The Hall–Kier alpha value is -1.15. The van der Waals surface area contributed by atoms with Crippen molar-refractivity contribution in [2.75, 3.05) is 0 Å². The summed E-state index contributed by atoms with van der Waals surface area (Å²) >= 11 is 6.02. The van der Waals surface area contributed by atoms with Crippen molar-refractivity contribution in [3.05, 3.63) is 34.9 Å². The van der Waals surface area contributed by atoms with Gasteiger partial charge in [0, 0.05) is 5.56 Å². The lowest BCUT2D eigenvalue weighted by Gasteiger charge is -2.11. The molecule has 1 aromatic heterocycles. The van der Waals surface area contributed by atoms with Gasteiger partial charge in [-0.3, -0.25) is 0 Å². The fourth-order valence-electron chi connectivity index (χ4n) is 1.17. The molecule has 0 spiro atoms. The summed E-state index contributed by atoms with van der Waals surface area (Å²) in [5.74, 6) is 0. The molecule has 1 heterocycles. The average Bonchev–Trinajstić information content (AvgIpc) is 2.18. The zero-order valence-corrected chi connectivity index (χ0v) is 10.9. The minimum atomic E-state index is 0.130. The van der Waals surface area contributed by atoms with E-state index in [1.54, 1.807) is 0 Å². The van der Waals surface area contributed by atoms with Crippen molar-refractivity contribution in [2.24, 2.45) is 5.41 Å². The Morgan fingerprint density at radius 1 is 1.19 bits per heavy atom. The monoisotopic (exact) mass is 236 g/mol. The minimum absolute atomic E-state index is 0.130. The number of hydrogen-bond donors (Lipinski definition) is 0. The van der Waals surface area contributed by atoms with Crippen molar-refractivity contribution in [1.82, 2.24) is 9.97 Å². The van der Waals surface area contributed by atoms with Crippen LogP contribution in [0.3, 0.4) is 0 Å². The van der Waals surface area contributed by atoms with Crippen molar-refractivity contribution in [1.29, 1.82) is 0 Å². The van der Waals surface area contributed by atoms with Gasteiger partial charge in [0.05, 0.1) is 5.69 Å². The van der Waals surface area contributed by atoms with Crippen molar-refractivity contribution < 1.29 is 0 Å². The van der Waals surface area contributed by atoms with E-state index >= 15 is 0 Å². The summed E-state index contributed by atoms with van der Waals surface area (Å²) in [6.45, 7) is 8.37. The molecular weight excluding hydrogens is 220 g/mol. The number of aromatic nitrogens is 2. The van der Waals surface area contributed by atoms with Crippen LogP contribution in [0, 0.1) is 5.41 Å². The SMILES string of the molecule is C/C=C\c1c(Cl)ncnc1/C=C/C(C)(C)C. The predicted molar refractivity (Wildman–Crippen MR) is 70.2 cm³/mol. The Morgan fingerprint density at radius 3 is 2.44 bits per heavy atom. The summed E-state index contributed by atoms with van der Waals surface area (Å²) in [5.41, 5.74) is 1.85. The lowest BCUT2D eigenvalue weighted by Crippen LogP contribution is -1.99. The molecule has 2 nitrogen and oxygen atoms in total. The summed E-state index contributed by atoms with van der Waals surface area (Å²) in [4.78, 5) is 8.20. The van der Waals surface area contributed by atoms with Gasteiger partial charge in [0.1, 0.15) is 11.5 Å². The van der Waals surface area contributed by atoms with Crippen molar-refractivity contribution in [3.63, 3.8) is 0 Å². The van der Waals surface area contributed by atoms with E-state index in [2.05, 4.69) is 36.8 Å². The van der Waals surface area contributed by atoms with E-state index < -0.39 is 0 Å². The molecule has 3 heteroatoms. The number of halogens is 1. The van der Waals surface area contributed by atoms with Gasteiger partial charge in [-0.05, 0) is 18.4 Å². The summed E-state index contributed by atoms with van der Waals surface area (Å²) in [7, 11) is 0. The van der Waals surface area contributed by atoms with Crippen LogP contribution in [-0.4, -0.2) is 9.97 Å². The third kappa shape index (κ3) is 3.78. The topological polar surface area (TPSA) is 25.8 Å². The molecule has 0 aliphatic heterocycles. The third-order valence-corrected chi connectivity index (χ3v) is 2.24. The van der Waals surface area contributed by atoms with E-state index in [9.17, 15) is 0 Å². The molecule has 0 unspecified atom stereocenters. The molecule has 0 bridgehead atoms. The molecule has 0 amide bonds. The second-order valence-electron chi connectivity index (χ2n) is 4.66. The predicted octanol–water partition coefficient (Wildman–Crippen LogP) is 4.22. The number of rotatable bonds is 2. The van der Waals surface area contributed by atoms with Gasteiger partial charge >= 0.3 is 0 Å². The fraction of sp³-hybridized carbons (Fsp3) is 0.385. The largest absolute Gasteiger partial charge is 0.236 e. The molecule has 0 atom stereocenters. The zero-order chi connectivity index (χ0) is 12.2. The zero-order valence-electron chi connectivity index (χ0n) is 10.2. The van der Waals surface area contributed by atoms with Gasteiger partial charge in [-0.1, -0.05) is 50.6 Å². The Bertz CT molecular complexity index is 414. The van der Waals surface area contributed by atoms with E-state index in [0.29, 0.717) is 5.15 Å². The molecule has 0 fully saturated rings. The van der Waals surface area contributed by atoms with Gasteiger partial charge in [-0.25, -0.2) is 9.97 Å². The first kappa shape index (κ1) is 12.9. The Balaban J connectivity index is 3.14. The molecule has 0 saturated carbocycles. The van der Waals surface area contributed by atoms with Gasteiger partial charge in [-0.15, -0.1) is 0 Å². The number of nitrogens with zero attached hydrogens (tertiary/aromatic N) is 2. The van der Waals surface area contributed by atoms with Gasteiger partial charge in [0.2, 0.25) is 0 Å². The lowest BCUT2D eigenvalue weighted by molar-refractivity contribution is 0.547. The maximum atomic E-state index is 6.02. The van der Waals surface area contributed by atoms with Crippen LogP contribution in [0.4, 0.5) is 0 Å². The van der Waals surface area contributed by atoms with Crippen LogP contribution in [0.1, 0.15) is 39.0 Å². The highest BCUT2D eigenvalue weighted by molar-refractivity contribution is 6.31. The Labute approximate surface area is 102 Å². The van der Waals surface area contributed by atoms with E-state index in [1.807, 2.05) is 25.2 Å². The molecule has 86 valence electrons. The Kier molecular flexibility index (Phi) is 4.25. The third-order valence-electron chi connectivity index (χ3n) is 1.94. The molecule has 1 aromatic rings. The molecule has 0 aliphatic carbocycles. The molecule has 0 aliphatic rings. The van der Waals surface area contributed by atoms with Crippen LogP contribution in [0.5, 0.6) is 0 Å². The first-order valence-electron chi connectivity index (χ1n) is 5.26. The smallest absolute Gasteiger partial charge is 0.140 e. The van der Waals surface area contributed by atoms with Crippen LogP contribution in [0.25, 0.3) is 12.2 Å².